The Labute approximate surface area is 115 Å². The number of H-pyrrole nitrogens is 1. The molecule has 1 aromatic heterocycles. The minimum atomic E-state index is -0.176. The molecule has 0 atom stereocenters. The van der Waals surface area contributed by atoms with Crippen molar-refractivity contribution in [1.29, 1.82) is 0 Å². The fraction of sp³-hybridized carbons (Fsp3) is 0.0667. The van der Waals surface area contributed by atoms with Crippen LogP contribution in [-0.2, 0) is 6.61 Å². The van der Waals surface area contributed by atoms with Crippen molar-refractivity contribution >= 4 is 22.5 Å². The topological polar surface area (TPSA) is 78.0 Å². The zero-order chi connectivity index (χ0) is 13.9. The predicted octanol–water partition coefficient (Wildman–Crippen LogP) is 2.31. The molecule has 0 aliphatic carbocycles. The van der Waals surface area contributed by atoms with E-state index in [1.54, 1.807) is 42.6 Å². The van der Waals surface area contributed by atoms with Gasteiger partial charge in [0, 0.05) is 16.6 Å². The summed E-state index contributed by atoms with van der Waals surface area (Å²) in [6.45, 7) is -0.00855. The van der Waals surface area contributed by atoms with E-state index >= 15 is 0 Å². The van der Waals surface area contributed by atoms with Gasteiger partial charge in [-0.05, 0) is 35.9 Å². The number of benzene rings is 2. The molecule has 2 aromatic carbocycles. The Morgan fingerprint density at radius 3 is 2.75 bits per heavy atom. The van der Waals surface area contributed by atoms with Crippen molar-refractivity contribution in [2.24, 2.45) is 0 Å². The number of aliphatic hydroxyl groups excluding tert-OH is 1. The molecule has 1 heterocycles. The molecule has 3 aromatic rings. The Kier molecular flexibility index (Phi) is 3.18. The molecule has 3 rings (SSSR count). The zero-order valence-corrected chi connectivity index (χ0v) is 10.6. The fourth-order valence-electron chi connectivity index (χ4n) is 1.98. The molecule has 5 heteroatoms. The number of nitrogens with one attached hydrogen (secondary N) is 2. The van der Waals surface area contributed by atoms with Crippen LogP contribution in [0.1, 0.15) is 15.9 Å². The largest absolute Gasteiger partial charge is 0.392 e. The minimum absolute atomic E-state index is 0.00855. The number of nitrogens with zero attached hydrogens (tertiary/aromatic N) is 1. The first-order valence-corrected chi connectivity index (χ1v) is 6.20. The van der Waals surface area contributed by atoms with Crippen molar-refractivity contribution in [2.45, 2.75) is 6.61 Å². The number of aliphatic hydroxyl groups is 1. The van der Waals surface area contributed by atoms with E-state index in [4.69, 9.17) is 5.11 Å². The zero-order valence-electron chi connectivity index (χ0n) is 10.6. The SMILES string of the molecule is O=C(Nc1ccc(CO)cc1)c1ccc2[nH]ncc2c1. The number of anilines is 1. The highest BCUT2D eigenvalue weighted by atomic mass is 16.3. The highest BCUT2D eigenvalue weighted by Gasteiger charge is 2.07. The Balaban J connectivity index is 1.80. The van der Waals surface area contributed by atoms with Gasteiger partial charge in [0.2, 0.25) is 0 Å². The molecule has 5 nitrogen and oxygen atoms in total. The van der Waals surface area contributed by atoms with Gasteiger partial charge in [-0.2, -0.15) is 5.10 Å². The number of hydrogen-bond acceptors (Lipinski definition) is 3. The van der Waals surface area contributed by atoms with Crippen LogP contribution in [0.3, 0.4) is 0 Å². The van der Waals surface area contributed by atoms with Gasteiger partial charge in [-0.1, -0.05) is 12.1 Å². The van der Waals surface area contributed by atoms with Crippen molar-refractivity contribution in [3.05, 3.63) is 59.8 Å². The number of aromatic nitrogens is 2. The smallest absolute Gasteiger partial charge is 0.255 e. The highest BCUT2D eigenvalue weighted by molar-refractivity contribution is 6.06. The lowest BCUT2D eigenvalue weighted by atomic mass is 10.1. The van der Waals surface area contributed by atoms with E-state index in [9.17, 15) is 4.79 Å². The number of carbonyl (C=O) groups is 1. The van der Waals surface area contributed by atoms with E-state index < -0.39 is 0 Å². The normalized spacial score (nSPS) is 10.7. The van der Waals surface area contributed by atoms with Crippen LogP contribution in [-0.4, -0.2) is 21.2 Å². The van der Waals surface area contributed by atoms with E-state index in [1.807, 2.05) is 6.07 Å². The first-order chi connectivity index (χ1) is 9.76. The highest BCUT2D eigenvalue weighted by Crippen LogP contribution is 2.15. The van der Waals surface area contributed by atoms with E-state index in [0.717, 1.165) is 16.5 Å². The number of carbonyl (C=O) groups excluding carboxylic acids is 1. The van der Waals surface area contributed by atoms with Crippen LogP contribution >= 0.6 is 0 Å². The minimum Gasteiger partial charge on any atom is -0.392 e. The van der Waals surface area contributed by atoms with Crippen LogP contribution in [0.25, 0.3) is 10.9 Å². The lowest BCUT2D eigenvalue weighted by Gasteiger charge is -2.06. The first-order valence-electron chi connectivity index (χ1n) is 6.20. The Morgan fingerprint density at radius 2 is 2.00 bits per heavy atom. The van der Waals surface area contributed by atoms with Crippen LogP contribution in [0.4, 0.5) is 5.69 Å². The van der Waals surface area contributed by atoms with Gasteiger partial charge in [0.1, 0.15) is 0 Å². The molecule has 0 bridgehead atoms. The van der Waals surface area contributed by atoms with Crippen molar-refractivity contribution in [2.75, 3.05) is 5.32 Å². The molecule has 0 saturated heterocycles. The van der Waals surface area contributed by atoms with Crippen molar-refractivity contribution in [1.82, 2.24) is 10.2 Å². The fourth-order valence-corrected chi connectivity index (χ4v) is 1.98. The molecular formula is C15H13N3O2. The average Bonchev–Trinajstić information content (AvgIpc) is 2.95. The molecule has 3 N–H and O–H groups in total. The average molecular weight is 267 g/mol. The maximum Gasteiger partial charge on any atom is 0.255 e. The Morgan fingerprint density at radius 1 is 1.20 bits per heavy atom. The lowest BCUT2D eigenvalue weighted by Crippen LogP contribution is -2.11. The summed E-state index contributed by atoms with van der Waals surface area (Å²) in [5.41, 5.74) is 2.97. The standard InChI is InChI=1S/C15H13N3O2/c19-9-10-1-4-13(5-2-10)17-15(20)11-3-6-14-12(7-11)8-16-18-14/h1-8,19H,9H2,(H,16,18)(H,17,20). The third-order valence-corrected chi connectivity index (χ3v) is 3.10. The maximum atomic E-state index is 12.1. The van der Waals surface area contributed by atoms with E-state index in [2.05, 4.69) is 15.5 Å². The summed E-state index contributed by atoms with van der Waals surface area (Å²) in [6.07, 6.45) is 1.68. The molecule has 20 heavy (non-hydrogen) atoms. The van der Waals surface area contributed by atoms with E-state index in [1.165, 1.54) is 0 Å². The van der Waals surface area contributed by atoms with Gasteiger partial charge >= 0.3 is 0 Å². The summed E-state index contributed by atoms with van der Waals surface area (Å²) in [5, 5.41) is 19.5. The van der Waals surface area contributed by atoms with Crippen LogP contribution < -0.4 is 5.32 Å². The molecule has 0 spiro atoms. The van der Waals surface area contributed by atoms with Crippen molar-refractivity contribution < 1.29 is 9.90 Å². The second-order valence-corrected chi connectivity index (χ2v) is 4.48. The quantitative estimate of drug-likeness (QED) is 0.681. The van der Waals surface area contributed by atoms with Gasteiger partial charge in [-0.25, -0.2) is 0 Å². The molecule has 0 fully saturated rings. The second-order valence-electron chi connectivity index (χ2n) is 4.48. The molecule has 0 radical (unpaired) electrons. The summed E-state index contributed by atoms with van der Waals surface area (Å²) in [4.78, 5) is 12.1. The predicted molar refractivity (Wildman–Crippen MR) is 76.4 cm³/mol. The number of aromatic amines is 1. The number of fused-ring (bicyclic) bond motifs is 1. The van der Waals surface area contributed by atoms with Gasteiger partial charge in [-0.15, -0.1) is 0 Å². The third-order valence-electron chi connectivity index (χ3n) is 3.10. The monoisotopic (exact) mass is 267 g/mol. The molecule has 0 saturated carbocycles. The summed E-state index contributed by atoms with van der Waals surface area (Å²) < 4.78 is 0. The summed E-state index contributed by atoms with van der Waals surface area (Å²) >= 11 is 0. The maximum absolute atomic E-state index is 12.1. The first kappa shape index (κ1) is 12.4. The van der Waals surface area contributed by atoms with Crippen LogP contribution in [0.15, 0.2) is 48.7 Å². The van der Waals surface area contributed by atoms with Gasteiger partial charge in [0.25, 0.3) is 5.91 Å². The Hall–Kier alpha value is -2.66. The summed E-state index contributed by atoms with van der Waals surface area (Å²) in [5.74, 6) is -0.176. The molecule has 1 amide bonds. The Bertz CT molecular complexity index is 747. The van der Waals surface area contributed by atoms with Gasteiger partial charge in [-0.3, -0.25) is 9.89 Å². The number of amides is 1. The van der Waals surface area contributed by atoms with Crippen LogP contribution in [0.2, 0.25) is 0 Å². The molecule has 100 valence electrons. The van der Waals surface area contributed by atoms with Crippen molar-refractivity contribution in [3.8, 4) is 0 Å². The van der Waals surface area contributed by atoms with Gasteiger partial charge < -0.3 is 10.4 Å². The van der Waals surface area contributed by atoms with Gasteiger partial charge in [0.15, 0.2) is 0 Å². The summed E-state index contributed by atoms with van der Waals surface area (Å²) in [7, 11) is 0. The van der Waals surface area contributed by atoms with Crippen molar-refractivity contribution in [3.63, 3.8) is 0 Å². The molecule has 0 unspecified atom stereocenters. The van der Waals surface area contributed by atoms with Crippen LogP contribution in [0.5, 0.6) is 0 Å². The van der Waals surface area contributed by atoms with Gasteiger partial charge in [0.05, 0.1) is 18.3 Å². The third kappa shape index (κ3) is 2.39. The summed E-state index contributed by atoms with van der Waals surface area (Å²) in [6, 6.07) is 12.4. The lowest BCUT2D eigenvalue weighted by molar-refractivity contribution is 0.102. The van der Waals surface area contributed by atoms with E-state index in [-0.39, 0.29) is 12.5 Å². The van der Waals surface area contributed by atoms with E-state index in [0.29, 0.717) is 11.3 Å². The molecular weight excluding hydrogens is 254 g/mol. The number of hydrogen-bond donors (Lipinski definition) is 3. The van der Waals surface area contributed by atoms with Crippen LogP contribution in [0, 0.1) is 0 Å². The second kappa shape index (κ2) is 5.14. The molecule has 0 aliphatic rings. The molecule has 0 aliphatic heterocycles. The number of rotatable bonds is 3.